The zero-order chi connectivity index (χ0) is 20.4. The van der Waals surface area contributed by atoms with E-state index in [1.807, 2.05) is 48.5 Å². The van der Waals surface area contributed by atoms with Gasteiger partial charge in [-0.15, -0.1) is 0 Å². The van der Waals surface area contributed by atoms with Crippen LogP contribution in [0.5, 0.6) is 11.5 Å². The Labute approximate surface area is 173 Å². The molecule has 146 valence electrons. The average molecular weight is 408 g/mol. The number of para-hydroxylation sites is 3. The molecule has 0 aromatic heterocycles. The molecule has 0 atom stereocenters. The second-order valence-corrected chi connectivity index (χ2v) is 7.04. The largest absolute Gasteiger partial charge is 0.465 e. The number of ether oxygens (including phenoxy) is 2. The maximum absolute atomic E-state index is 13.0. The number of rotatable bonds is 4. The summed E-state index contributed by atoms with van der Waals surface area (Å²) in [5.41, 5.74) is 2.34. The molecule has 4 rings (SSSR count). The predicted molar refractivity (Wildman–Crippen MR) is 111 cm³/mol. The quantitative estimate of drug-likeness (QED) is 0.588. The van der Waals surface area contributed by atoms with Gasteiger partial charge >= 0.3 is 5.97 Å². The molecular weight excluding hydrogens is 390 g/mol. The minimum atomic E-state index is -0.565. The summed E-state index contributed by atoms with van der Waals surface area (Å²) in [7, 11) is 1.28. The fourth-order valence-corrected chi connectivity index (χ4v) is 3.76. The van der Waals surface area contributed by atoms with Crippen molar-refractivity contribution in [2.24, 2.45) is 0 Å². The average Bonchev–Trinajstić information content (AvgIpc) is 2.74. The van der Waals surface area contributed by atoms with E-state index >= 15 is 0 Å². The lowest BCUT2D eigenvalue weighted by atomic mass is 9.85. The first-order valence-corrected chi connectivity index (χ1v) is 9.48. The maximum atomic E-state index is 13.0. The Morgan fingerprint density at radius 1 is 0.966 bits per heavy atom. The summed E-state index contributed by atoms with van der Waals surface area (Å²) < 4.78 is 10.8. The predicted octanol–water partition coefficient (Wildman–Crippen LogP) is 5.39. The minimum absolute atomic E-state index is 0.170. The van der Waals surface area contributed by atoms with Gasteiger partial charge in [-0.3, -0.25) is 4.79 Å². The Hall–Kier alpha value is -3.31. The van der Waals surface area contributed by atoms with Crippen LogP contribution in [0.15, 0.2) is 66.7 Å². The van der Waals surface area contributed by atoms with Gasteiger partial charge in [0.2, 0.25) is 5.91 Å². The SMILES string of the molecule is COC(=O)c1cccc(Cl)c1NC(=O)CC1c2ccccc2Oc2ccccc21. The topological polar surface area (TPSA) is 64.6 Å². The Kier molecular flexibility index (Phi) is 5.23. The number of methoxy groups -OCH3 is 1. The van der Waals surface area contributed by atoms with Gasteiger partial charge in [0.1, 0.15) is 11.5 Å². The van der Waals surface area contributed by atoms with Crippen LogP contribution >= 0.6 is 11.6 Å². The number of amides is 1. The number of hydrogen-bond acceptors (Lipinski definition) is 4. The molecule has 1 aliphatic rings. The number of esters is 1. The highest BCUT2D eigenvalue weighted by Crippen LogP contribution is 2.45. The van der Waals surface area contributed by atoms with Crippen molar-refractivity contribution in [2.75, 3.05) is 12.4 Å². The zero-order valence-corrected chi connectivity index (χ0v) is 16.4. The Bertz CT molecular complexity index is 1050. The lowest BCUT2D eigenvalue weighted by Crippen LogP contribution is -2.20. The molecule has 0 saturated carbocycles. The molecule has 0 radical (unpaired) electrons. The fraction of sp³-hybridized carbons (Fsp3) is 0.130. The third-order valence-electron chi connectivity index (χ3n) is 4.88. The summed E-state index contributed by atoms with van der Waals surface area (Å²) in [5.74, 6) is 0.457. The Balaban J connectivity index is 1.65. The lowest BCUT2D eigenvalue weighted by Gasteiger charge is -2.28. The second kappa shape index (κ2) is 7.97. The molecule has 1 aliphatic heterocycles. The van der Waals surface area contributed by atoms with Crippen LogP contribution < -0.4 is 10.1 Å². The van der Waals surface area contributed by atoms with Gasteiger partial charge < -0.3 is 14.8 Å². The lowest BCUT2D eigenvalue weighted by molar-refractivity contribution is -0.116. The molecular formula is C23H18ClNO4. The van der Waals surface area contributed by atoms with E-state index in [-0.39, 0.29) is 34.5 Å². The molecule has 1 heterocycles. The molecule has 1 amide bonds. The third kappa shape index (κ3) is 3.69. The number of nitrogens with one attached hydrogen (secondary N) is 1. The molecule has 1 N–H and O–H groups in total. The van der Waals surface area contributed by atoms with Crippen molar-refractivity contribution in [1.29, 1.82) is 0 Å². The zero-order valence-electron chi connectivity index (χ0n) is 15.6. The van der Waals surface area contributed by atoms with Crippen LogP contribution in [0, 0.1) is 0 Å². The first-order valence-electron chi connectivity index (χ1n) is 9.11. The van der Waals surface area contributed by atoms with E-state index in [1.54, 1.807) is 18.2 Å². The van der Waals surface area contributed by atoms with Crippen molar-refractivity contribution < 1.29 is 19.1 Å². The van der Waals surface area contributed by atoms with E-state index < -0.39 is 5.97 Å². The fourth-order valence-electron chi connectivity index (χ4n) is 3.54. The molecule has 3 aromatic rings. The molecule has 0 fully saturated rings. The van der Waals surface area contributed by atoms with Gasteiger partial charge in [0.15, 0.2) is 0 Å². The standard InChI is InChI=1S/C23H18ClNO4/c1-28-23(27)16-9-6-10-18(24)22(16)25-21(26)13-17-14-7-2-4-11-19(14)29-20-12-5-3-8-15(17)20/h2-12,17H,13H2,1H3,(H,25,26). The smallest absolute Gasteiger partial charge is 0.340 e. The summed E-state index contributed by atoms with van der Waals surface area (Å²) in [6, 6.07) is 20.1. The van der Waals surface area contributed by atoms with E-state index in [1.165, 1.54) is 7.11 Å². The molecule has 0 spiro atoms. The van der Waals surface area contributed by atoms with Crippen molar-refractivity contribution in [3.05, 3.63) is 88.4 Å². The van der Waals surface area contributed by atoms with Crippen LogP contribution in [0.1, 0.15) is 33.8 Å². The minimum Gasteiger partial charge on any atom is -0.465 e. The highest BCUT2D eigenvalue weighted by atomic mass is 35.5. The Morgan fingerprint density at radius 2 is 1.59 bits per heavy atom. The van der Waals surface area contributed by atoms with Crippen molar-refractivity contribution in [3.63, 3.8) is 0 Å². The van der Waals surface area contributed by atoms with Crippen molar-refractivity contribution in [1.82, 2.24) is 0 Å². The molecule has 5 nitrogen and oxygen atoms in total. The molecule has 29 heavy (non-hydrogen) atoms. The molecule has 0 bridgehead atoms. The van der Waals surface area contributed by atoms with Crippen molar-refractivity contribution >= 4 is 29.2 Å². The van der Waals surface area contributed by atoms with Gasteiger partial charge in [-0.25, -0.2) is 4.79 Å². The summed E-state index contributed by atoms with van der Waals surface area (Å²) in [5, 5.41) is 3.06. The summed E-state index contributed by atoms with van der Waals surface area (Å²) >= 11 is 6.24. The molecule has 0 aliphatic carbocycles. The van der Waals surface area contributed by atoms with Gasteiger partial charge in [-0.1, -0.05) is 54.1 Å². The summed E-state index contributed by atoms with van der Waals surface area (Å²) in [6.45, 7) is 0. The highest BCUT2D eigenvalue weighted by Gasteiger charge is 2.29. The number of carbonyl (C=O) groups excluding carboxylic acids is 2. The molecule has 6 heteroatoms. The van der Waals surface area contributed by atoms with Crippen LogP contribution in [-0.4, -0.2) is 19.0 Å². The van der Waals surface area contributed by atoms with Gasteiger partial charge in [0.25, 0.3) is 0 Å². The van der Waals surface area contributed by atoms with Crippen LogP contribution in [0.3, 0.4) is 0 Å². The summed E-state index contributed by atoms with van der Waals surface area (Å²) in [6.07, 6.45) is 0.170. The van der Waals surface area contributed by atoms with E-state index in [9.17, 15) is 9.59 Å². The van der Waals surface area contributed by atoms with Crippen LogP contribution in [-0.2, 0) is 9.53 Å². The monoisotopic (exact) mass is 407 g/mol. The van der Waals surface area contributed by atoms with E-state index in [4.69, 9.17) is 21.1 Å². The van der Waals surface area contributed by atoms with Crippen LogP contribution in [0.2, 0.25) is 5.02 Å². The van der Waals surface area contributed by atoms with E-state index in [0.29, 0.717) is 0 Å². The second-order valence-electron chi connectivity index (χ2n) is 6.64. The number of halogens is 1. The Morgan fingerprint density at radius 3 is 2.21 bits per heavy atom. The first-order chi connectivity index (χ1) is 14.1. The number of hydrogen-bond donors (Lipinski definition) is 1. The number of anilines is 1. The molecule has 0 unspecified atom stereocenters. The molecule has 3 aromatic carbocycles. The van der Waals surface area contributed by atoms with Gasteiger partial charge in [0.05, 0.1) is 23.4 Å². The summed E-state index contributed by atoms with van der Waals surface area (Å²) in [4.78, 5) is 25.0. The van der Waals surface area contributed by atoms with E-state index in [0.717, 1.165) is 22.6 Å². The van der Waals surface area contributed by atoms with Gasteiger partial charge in [0, 0.05) is 23.5 Å². The van der Waals surface area contributed by atoms with Crippen LogP contribution in [0.25, 0.3) is 0 Å². The van der Waals surface area contributed by atoms with E-state index in [2.05, 4.69) is 5.32 Å². The van der Waals surface area contributed by atoms with Crippen molar-refractivity contribution in [2.45, 2.75) is 12.3 Å². The van der Waals surface area contributed by atoms with Gasteiger partial charge in [-0.2, -0.15) is 0 Å². The molecule has 0 saturated heterocycles. The third-order valence-corrected chi connectivity index (χ3v) is 5.20. The first kappa shape index (κ1) is 19.0. The number of fused-ring (bicyclic) bond motifs is 2. The number of carbonyl (C=O) groups is 2. The van der Waals surface area contributed by atoms with Crippen LogP contribution in [0.4, 0.5) is 5.69 Å². The number of benzene rings is 3. The normalized spacial score (nSPS) is 12.3. The van der Waals surface area contributed by atoms with Gasteiger partial charge in [-0.05, 0) is 24.3 Å². The van der Waals surface area contributed by atoms with Crippen molar-refractivity contribution in [3.8, 4) is 11.5 Å². The maximum Gasteiger partial charge on any atom is 0.340 e. The highest BCUT2D eigenvalue weighted by molar-refractivity contribution is 6.34.